The quantitative estimate of drug-likeness (QED) is 0.214. The minimum absolute atomic E-state index is 0.0942. The maximum absolute atomic E-state index is 14.0. The van der Waals surface area contributed by atoms with Crippen LogP contribution in [0.2, 0.25) is 15.1 Å². The predicted molar refractivity (Wildman–Crippen MR) is 134 cm³/mol. The van der Waals surface area contributed by atoms with Crippen LogP contribution < -0.4 is 20.2 Å². The van der Waals surface area contributed by atoms with Crippen molar-refractivity contribution in [3.8, 4) is 11.5 Å². The van der Waals surface area contributed by atoms with Gasteiger partial charge in [0.25, 0.3) is 0 Å². The molecule has 2 amide bonds. The Morgan fingerprint density at radius 1 is 0.943 bits per heavy atom. The molecule has 0 aliphatic heterocycles. The van der Waals surface area contributed by atoms with E-state index in [9.17, 15) is 14.0 Å². The molecular formula is C24H19Cl3FN3O4. The van der Waals surface area contributed by atoms with E-state index in [1.165, 1.54) is 36.5 Å². The predicted octanol–water partition coefficient (Wildman–Crippen LogP) is 5.85. The first kappa shape index (κ1) is 26.3. The minimum atomic E-state index is -0.987. The number of carbonyl (C=O) groups is 2. The molecule has 0 heterocycles. The number of carbonyl (C=O) groups excluding carboxylic acids is 2. The molecule has 0 spiro atoms. The molecule has 7 nitrogen and oxygen atoms in total. The van der Waals surface area contributed by atoms with Gasteiger partial charge in [0, 0.05) is 11.3 Å². The molecule has 0 aliphatic rings. The molecule has 11 heteroatoms. The summed E-state index contributed by atoms with van der Waals surface area (Å²) in [6.45, 7) is 2.05. The Hall–Kier alpha value is -3.33. The van der Waals surface area contributed by atoms with Gasteiger partial charge in [-0.15, -0.1) is 0 Å². The zero-order valence-electron chi connectivity index (χ0n) is 18.3. The van der Waals surface area contributed by atoms with Crippen molar-refractivity contribution in [3.63, 3.8) is 0 Å². The zero-order chi connectivity index (χ0) is 25.4. The van der Waals surface area contributed by atoms with E-state index >= 15 is 0 Å². The highest BCUT2D eigenvalue weighted by Gasteiger charge is 2.14. The van der Waals surface area contributed by atoms with Crippen molar-refractivity contribution in [2.75, 3.05) is 11.9 Å². The number of halogens is 4. The van der Waals surface area contributed by atoms with Crippen molar-refractivity contribution >= 4 is 58.5 Å². The van der Waals surface area contributed by atoms with E-state index in [0.29, 0.717) is 34.4 Å². The molecule has 0 radical (unpaired) electrons. The SMILES string of the molecule is CCOc1cc(C=NNC(=O)C(=O)Nc2ccc(Cl)c(Cl)c2)ccc1OCc1c(F)cccc1Cl. The summed E-state index contributed by atoms with van der Waals surface area (Å²) in [4.78, 5) is 24.0. The highest BCUT2D eigenvalue weighted by molar-refractivity contribution is 6.43. The third-order valence-electron chi connectivity index (χ3n) is 4.46. The van der Waals surface area contributed by atoms with E-state index in [4.69, 9.17) is 44.3 Å². The molecule has 3 aromatic rings. The Morgan fingerprint density at radius 2 is 1.74 bits per heavy atom. The van der Waals surface area contributed by atoms with Crippen LogP contribution in [0.25, 0.3) is 0 Å². The van der Waals surface area contributed by atoms with Crippen molar-refractivity contribution < 1.29 is 23.5 Å². The maximum Gasteiger partial charge on any atom is 0.329 e. The minimum Gasteiger partial charge on any atom is -0.490 e. The van der Waals surface area contributed by atoms with Crippen LogP contribution in [0.4, 0.5) is 10.1 Å². The van der Waals surface area contributed by atoms with Crippen LogP contribution in [0, 0.1) is 5.82 Å². The lowest BCUT2D eigenvalue weighted by Gasteiger charge is -2.13. The van der Waals surface area contributed by atoms with Gasteiger partial charge in [-0.25, -0.2) is 9.82 Å². The maximum atomic E-state index is 14.0. The molecule has 182 valence electrons. The van der Waals surface area contributed by atoms with Gasteiger partial charge in [0.2, 0.25) is 0 Å². The number of hydrogen-bond donors (Lipinski definition) is 2. The smallest absolute Gasteiger partial charge is 0.329 e. The van der Waals surface area contributed by atoms with Gasteiger partial charge in [-0.3, -0.25) is 9.59 Å². The molecule has 0 fully saturated rings. The van der Waals surface area contributed by atoms with Crippen LogP contribution in [0.5, 0.6) is 11.5 Å². The Kier molecular flexibility index (Phi) is 9.31. The van der Waals surface area contributed by atoms with Crippen molar-refractivity contribution in [2.45, 2.75) is 13.5 Å². The second kappa shape index (κ2) is 12.4. The third kappa shape index (κ3) is 7.32. The van der Waals surface area contributed by atoms with E-state index in [-0.39, 0.29) is 22.2 Å². The lowest BCUT2D eigenvalue weighted by Crippen LogP contribution is -2.32. The number of nitrogens with zero attached hydrogens (tertiary/aromatic N) is 1. The summed E-state index contributed by atoms with van der Waals surface area (Å²) < 4.78 is 25.3. The molecule has 0 saturated heterocycles. The van der Waals surface area contributed by atoms with Gasteiger partial charge < -0.3 is 14.8 Å². The van der Waals surface area contributed by atoms with E-state index in [1.54, 1.807) is 31.2 Å². The number of benzene rings is 3. The Labute approximate surface area is 215 Å². The largest absolute Gasteiger partial charge is 0.490 e. The first-order chi connectivity index (χ1) is 16.8. The normalized spacial score (nSPS) is 10.8. The Morgan fingerprint density at radius 3 is 2.46 bits per heavy atom. The molecule has 0 bridgehead atoms. The number of hydrazone groups is 1. The molecular weight excluding hydrogens is 520 g/mol. The van der Waals surface area contributed by atoms with Crippen LogP contribution in [0.15, 0.2) is 59.7 Å². The van der Waals surface area contributed by atoms with E-state index in [1.807, 2.05) is 0 Å². The molecule has 0 aliphatic carbocycles. The second-order valence-corrected chi connectivity index (χ2v) is 8.13. The van der Waals surface area contributed by atoms with E-state index < -0.39 is 17.6 Å². The fourth-order valence-corrected chi connectivity index (χ4v) is 3.31. The number of anilines is 1. The van der Waals surface area contributed by atoms with Crippen LogP contribution >= 0.6 is 34.8 Å². The summed E-state index contributed by atoms with van der Waals surface area (Å²) in [6.07, 6.45) is 1.32. The van der Waals surface area contributed by atoms with Gasteiger partial charge in [-0.2, -0.15) is 5.10 Å². The molecule has 35 heavy (non-hydrogen) atoms. The van der Waals surface area contributed by atoms with Crippen molar-refractivity contribution in [3.05, 3.63) is 86.6 Å². The fraction of sp³-hybridized carbons (Fsp3) is 0.125. The Bertz CT molecular complexity index is 1250. The monoisotopic (exact) mass is 537 g/mol. The fourth-order valence-electron chi connectivity index (χ4n) is 2.79. The Balaban J connectivity index is 1.62. The molecule has 2 N–H and O–H groups in total. The molecule has 0 aromatic heterocycles. The van der Waals surface area contributed by atoms with Crippen LogP contribution in [0.3, 0.4) is 0 Å². The van der Waals surface area contributed by atoms with E-state index in [0.717, 1.165) is 0 Å². The summed E-state index contributed by atoms with van der Waals surface area (Å²) in [5, 5.41) is 6.98. The van der Waals surface area contributed by atoms with Crippen LogP contribution in [0.1, 0.15) is 18.1 Å². The van der Waals surface area contributed by atoms with Gasteiger partial charge in [0.05, 0.1) is 27.9 Å². The highest BCUT2D eigenvalue weighted by atomic mass is 35.5. The summed E-state index contributed by atoms with van der Waals surface area (Å²) in [6, 6.07) is 13.7. The molecule has 3 aromatic carbocycles. The number of hydrogen-bond acceptors (Lipinski definition) is 5. The average Bonchev–Trinajstić information content (AvgIpc) is 2.82. The molecule has 0 unspecified atom stereocenters. The first-order valence-corrected chi connectivity index (χ1v) is 11.3. The zero-order valence-corrected chi connectivity index (χ0v) is 20.5. The summed E-state index contributed by atoms with van der Waals surface area (Å²) in [5.41, 5.74) is 3.21. The highest BCUT2D eigenvalue weighted by Crippen LogP contribution is 2.30. The average molecular weight is 539 g/mol. The number of amides is 2. The van der Waals surface area contributed by atoms with E-state index in [2.05, 4.69) is 15.8 Å². The van der Waals surface area contributed by atoms with Crippen LogP contribution in [-0.2, 0) is 16.2 Å². The van der Waals surface area contributed by atoms with Crippen molar-refractivity contribution in [2.24, 2.45) is 5.10 Å². The standard InChI is InChI=1S/C24H19Cl3FN3O4/c1-2-34-22-10-14(6-9-21(22)35-13-16-17(25)4-3-5-20(16)28)12-29-31-24(33)23(32)30-15-7-8-18(26)19(27)11-15/h3-12H,2,13H2,1H3,(H,30,32)(H,31,33). The molecule has 0 saturated carbocycles. The first-order valence-electron chi connectivity index (χ1n) is 10.2. The lowest BCUT2D eigenvalue weighted by atomic mass is 10.2. The summed E-state index contributed by atoms with van der Waals surface area (Å²) >= 11 is 17.8. The topological polar surface area (TPSA) is 89.0 Å². The number of nitrogens with one attached hydrogen (secondary N) is 2. The van der Waals surface area contributed by atoms with Crippen LogP contribution in [-0.4, -0.2) is 24.6 Å². The molecule has 0 atom stereocenters. The molecule has 3 rings (SSSR count). The second-order valence-electron chi connectivity index (χ2n) is 6.91. The third-order valence-corrected chi connectivity index (χ3v) is 5.56. The van der Waals surface area contributed by atoms with Gasteiger partial charge in [-0.1, -0.05) is 40.9 Å². The van der Waals surface area contributed by atoms with Gasteiger partial charge >= 0.3 is 11.8 Å². The van der Waals surface area contributed by atoms with Gasteiger partial charge in [0.15, 0.2) is 11.5 Å². The summed E-state index contributed by atoms with van der Waals surface area (Å²) in [5.74, 6) is -1.65. The van der Waals surface area contributed by atoms with Crippen molar-refractivity contribution in [1.82, 2.24) is 5.43 Å². The summed E-state index contributed by atoms with van der Waals surface area (Å²) in [7, 11) is 0. The lowest BCUT2D eigenvalue weighted by molar-refractivity contribution is -0.136. The van der Waals surface area contributed by atoms with Crippen molar-refractivity contribution in [1.29, 1.82) is 0 Å². The van der Waals surface area contributed by atoms with Gasteiger partial charge in [-0.05, 0) is 61.0 Å². The van der Waals surface area contributed by atoms with Gasteiger partial charge in [0.1, 0.15) is 12.4 Å². The number of rotatable bonds is 8. The number of ether oxygens (including phenoxy) is 2.